The molecule has 2 amide bonds. The molecule has 122 valence electrons. The van der Waals surface area contributed by atoms with E-state index < -0.39 is 12.1 Å². The summed E-state index contributed by atoms with van der Waals surface area (Å²) < 4.78 is 5.16. The van der Waals surface area contributed by atoms with Crippen LogP contribution in [0.5, 0.6) is 0 Å². The number of nitrogens with zero attached hydrogens (tertiary/aromatic N) is 1. The number of benzene rings is 1. The van der Waals surface area contributed by atoms with Crippen LogP contribution in [-0.2, 0) is 16.1 Å². The quantitative estimate of drug-likeness (QED) is 0.755. The molecule has 22 heavy (non-hydrogen) atoms. The highest BCUT2D eigenvalue weighted by Crippen LogP contribution is 2.09. The summed E-state index contributed by atoms with van der Waals surface area (Å²) in [6, 6.07) is 8.77. The standard InChI is InChI=1S/C16H25N3O3/c1-5-12(2)14(15(20)18-19(3)4)17-16(21)22-11-13-9-7-6-8-10-13/h6-10,12,14H,5,11H2,1-4H3,(H,17,21)(H,18,20)/t12-,14-/m0/s1. The average molecular weight is 307 g/mol. The zero-order valence-corrected chi connectivity index (χ0v) is 13.6. The first-order valence-electron chi connectivity index (χ1n) is 7.39. The molecule has 0 aliphatic heterocycles. The molecule has 0 aromatic heterocycles. The average Bonchev–Trinajstić information content (AvgIpc) is 2.50. The highest BCUT2D eigenvalue weighted by Gasteiger charge is 2.26. The minimum Gasteiger partial charge on any atom is -0.445 e. The second kappa shape index (κ2) is 9.04. The Kier molecular flexibility index (Phi) is 7.39. The van der Waals surface area contributed by atoms with Crippen LogP contribution in [0.3, 0.4) is 0 Å². The van der Waals surface area contributed by atoms with Crippen LogP contribution in [0.4, 0.5) is 4.79 Å². The summed E-state index contributed by atoms with van der Waals surface area (Å²) in [7, 11) is 3.44. The van der Waals surface area contributed by atoms with Crippen LogP contribution in [-0.4, -0.2) is 37.1 Å². The van der Waals surface area contributed by atoms with Gasteiger partial charge in [0.1, 0.15) is 12.6 Å². The van der Waals surface area contributed by atoms with E-state index in [-0.39, 0.29) is 18.4 Å². The third-order valence-electron chi connectivity index (χ3n) is 3.32. The molecule has 1 aromatic rings. The molecule has 1 rings (SSSR count). The number of amides is 2. The monoisotopic (exact) mass is 307 g/mol. The summed E-state index contributed by atoms with van der Waals surface area (Å²) in [5.41, 5.74) is 3.56. The first-order valence-corrected chi connectivity index (χ1v) is 7.39. The molecular weight excluding hydrogens is 282 g/mol. The van der Waals surface area contributed by atoms with Gasteiger partial charge in [0.05, 0.1) is 0 Å². The predicted molar refractivity (Wildman–Crippen MR) is 84.8 cm³/mol. The van der Waals surface area contributed by atoms with Gasteiger partial charge in [0.15, 0.2) is 0 Å². The van der Waals surface area contributed by atoms with Crippen molar-refractivity contribution in [3.63, 3.8) is 0 Å². The number of ether oxygens (including phenoxy) is 1. The fraction of sp³-hybridized carbons (Fsp3) is 0.500. The van der Waals surface area contributed by atoms with Crippen LogP contribution < -0.4 is 10.7 Å². The van der Waals surface area contributed by atoms with E-state index in [2.05, 4.69) is 10.7 Å². The number of hydrogen-bond acceptors (Lipinski definition) is 4. The van der Waals surface area contributed by atoms with E-state index in [4.69, 9.17) is 4.74 Å². The maximum atomic E-state index is 12.1. The maximum Gasteiger partial charge on any atom is 0.408 e. The lowest BCUT2D eigenvalue weighted by molar-refractivity contribution is -0.128. The molecule has 0 aliphatic carbocycles. The lowest BCUT2D eigenvalue weighted by Crippen LogP contribution is -2.53. The van der Waals surface area contributed by atoms with Crippen molar-refractivity contribution in [3.8, 4) is 0 Å². The van der Waals surface area contributed by atoms with Crippen molar-refractivity contribution >= 4 is 12.0 Å². The fourth-order valence-corrected chi connectivity index (χ4v) is 1.88. The van der Waals surface area contributed by atoms with Gasteiger partial charge in [-0.15, -0.1) is 0 Å². The van der Waals surface area contributed by atoms with E-state index in [0.29, 0.717) is 0 Å². The predicted octanol–water partition coefficient (Wildman–Crippen LogP) is 1.92. The largest absolute Gasteiger partial charge is 0.445 e. The molecule has 0 spiro atoms. The molecule has 6 nitrogen and oxygen atoms in total. The fourth-order valence-electron chi connectivity index (χ4n) is 1.88. The molecule has 0 fully saturated rings. The van der Waals surface area contributed by atoms with Crippen LogP contribution in [0, 0.1) is 5.92 Å². The van der Waals surface area contributed by atoms with E-state index >= 15 is 0 Å². The lowest BCUT2D eigenvalue weighted by Gasteiger charge is -2.24. The number of alkyl carbamates (subject to hydrolysis) is 1. The van der Waals surface area contributed by atoms with Gasteiger partial charge in [-0.05, 0) is 11.5 Å². The molecule has 0 unspecified atom stereocenters. The molecule has 2 atom stereocenters. The molecule has 0 aliphatic rings. The van der Waals surface area contributed by atoms with Crippen LogP contribution in [0.15, 0.2) is 30.3 Å². The van der Waals surface area contributed by atoms with Crippen LogP contribution in [0.25, 0.3) is 0 Å². The molecule has 2 N–H and O–H groups in total. The molecule has 1 aromatic carbocycles. The smallest absolute Gasteiger partial charge is 0.408 e. The second-order valence-corrected chi connectivity index (χ2v) is 5.44. The second-order valence-electron chi connectivity index (χ2n) is 5.44. The van der Waals surface area contributed by atoms with E-state index in [1.54, 1.807) is 19.1 Å². The van der Waals surface area contributed by atoms with E-state index in [1.807, 2.05) is 44.2 Å². The molecule has 0 saturated heterocycles. The summed E-state index contributed by atoms with van der Waals surface area (Å²) >= 11 is 0. The third-order valence-corrected chi connectivity index (χ3v) is 3.32. The number of carbonyl (C=O) groups is 2. The normalized spacial score (nSPS) is 13.3. The summed E-state index contributed by atoms with van der Waals surface area (Å²) in [6.07, 6.45) is 0.174. The Hall–Kier alpha value is -2.08. The zero-order chi connectivity index (χ0) is 16.5. The van der Waals surface area contributed by atoms with Crippen molar-refractivity contribution in [2.45, 2.75) is 32.9 Å². The Morgan fingerprint density at radius 1 is 1.23 bits per heavy atom. The van der Waals surface area contributed by atoms with Crippen molar-refractivity contribution in [2.75, 3.05) is 14.1 Å². The van der Waals surface area contributed by atoms with Gasteiger partial charge in [-0.2, -0.15) is 0 Å². The zero-order valence-electron chi connectivity index (χ0n) is 13.6. The van der Waals surface area contributed by atoms with Crippen molar-refractivity contribution in [1.29, 1.82) is 0 Å². The minimum atomic E-state index is -0.629. The summed E-state index contributed by atoms with van der Waals surface area (Å²) in [5.74, 6) is -0.250. The number of hydrazine groups is 1. The van der Waals surface area contributed by atoms with Crippen LogP contribution in [0.1, 0.15) is 25.8 Å². The van der Waals surface area contributed by atoms with Gasteiger partial charge in [0.25, 0.3) is 5.91 Å². The molecule has 0 radical (unpaired) electrons. The van der Waals surface area contributed by atoms with E-state index in [1.165, 1.54) is 0 Å². The van der Waals surface area contributed by atoms with Crippen molar-refractivity contribution in [1.82, 2.24) is 15.8 Å². The minimum absolute atomic E-state index is 0.00391. The van der Waals surface area contributed by atoms with Gasteiger partial charge < -0.3 is 10.1 Å². The van der Waals surface area contributed by atoms with Crippen molar-refractivity contribution < 1.29 is 14.3 Å². The van der Waals surface area contributed by atoms with Gasteiger partial charge in [-0.1, -0.05) is 50.6 Å². The summed E-state index contributed by atoms with van der Waals surface area (Å²) in [6.45, 7) is 4.06. The molecule has 0 saturated carbocycles. The van der Waals surface area contributed by atoms with E-state index in [0.717, 1.165) is 12.0 Å². The van der Waals surface area contributed by atoms with E-state index in [9.17, 15) is 9.59 Å². The van der Waals surface area contributed by atoms with Gasteiger partial charge in [-0.3, -0.25) is 10.2 Å². The van der Waals surface area contributed by atoms with Gasteiger partial charge in [0, 0.05) is 14.1 Å². The lowest BCUT2D eigenvalue weighted by atomic mass is 9.99. The first-order chi connectivity index (χ1) is 10.4. The highest BCUT2D eigenvalue weighted by atomic mass is 16.5. The summed E-state index contributed by atoms with van der Waals surface area (Å²) in [4.78, 5) is 24.1. The summed E-state index contributed by atoms with van der Waals surface area (Å²) in [5, 5.41) is 4.19. The molecule has 0 bridgehead atoms. The van der Waals surface area contributed by atoms with Gasteiger partial charge in [0.2, 0.25) is 0 Å². The maximum absolute atomic E-state index is 12.1. The Morgan fingerprint density at radius 2 is 1.86 bits per heavy atom. The Morgan fingerprint density at radius 3 is 2.41 bits per heavy atom. The number of rotatable bonds is 7. The highest BCUT2D eigenvalue weighted by molar-refractivity contribution is 5.85. The van der Waals surface area contributed by atoms with Crippen molar-refractivity contribution in [3.05, 3.63) is 35.9 Å². The molecule has 0 heterocycles. The Labute approximate surface area is 131 Å². The molecule has 6 heteroatoms. The number of hydrogen-bond donors (Lipinski definition) is 2. The topological polar surface area (TPSA) is 70.7 Å². The van der Waals surface area contributed by atoms with Crippen molar-refractivity contribution in [2.24, 2.45) is 5.92 Å². The Bertz CT molecular complexity index is 477. The Balaban J connectivity index is 2.57. The third kappa shape index (κ3) is 6.13. The number of nitrogens with one attached hydrogen (secondary N) is 2. The van der Waals surface area contributed by atoms with Gasteiger partial charge >= 0.3 is 6.09 Å². The van der Waals surface area contributed by atoms with Crippen LogP contribution in [0.2, 0.25) is 0 Å². The van der Waals surface area contributed by atoms with Crippen LogP contribution >= 0.6 is 0 Å². The SMILES string of the molecule is CC[C@H](C)[C@H](NC(=O)OCc1ccccc1)C(=O)NN(C)C. The first kappa shape index (κ1) is 18.0. The molecular formula is C16H25N3O3. The van der Waals surface area contributed by atoms with Gasteiger partial charge in [-0.25, -0.2) is 9.80 Å². The number of carbonyl (C=O) groups excluding carboxylic acids is 2.